The van der Waals surface area contributed by atoms with E-state index in [4.69, 9.17) is 5.73 Å². The van der Waals surface area contributed by atoms with Crippen LogP contribution in [0.1, 0.15) is 16.8 Å². The van der Waals surface area contributed by atoms with Crippen LogP contribution in [0.3, 0.4) is 0 Å². The molecule has 29 heavy (non-hydrogen) atoms. The van der Waals surface area contributed by atoms with E-state index in [0.29, 0.717) is 26.1 Å². The fourth-order valence-electron chi connectivity index (χ4n) is 2.99. The van der Waals surface area contributed by atoms with Crippen LogP contribution in [0.15, 0.2) is 60.0 Å². The second-order valence-corrected chi connectivity index (χ2v) is 7.45. The Morgan fingerprint density at radius 2 is 1.83 bits per heavy atom. The van der Waals surface area contributed by atoms with Gasteiger partial charge in [0.2, 0.25) is 5.91 Å². The fraction of sp³-hybridized carbons (Fsp3) is 0.273. The lowest BCUT2D eigenvalue weighted by Gasteiger charge is -2.21. The van der Waals surface area contributed by atoms with E-state index in [1.807, 2.05) is 34.5 Å². The summed E-state index contributed by atoms with van der Waals surface area (Å²) in [6.45, 7) is 3.78. The van der Waals surface area contributed by atoms with E-state index < -0.39 is 0 Å². The number of carbonyl (C=O) groups is 1. The van der Waals surface area contributed by atoms with E-state index in [1.54, 1.807) is 11.3 Å². The van der Waals surface area contributed by atoms with Crippen molar-refractivity contribution in [3.8, 4) is 10.6 Å². The smallest absolute Gasteiger partial charge is 0.228 e. The molecule has 0 atom stereocenters. The molecule has 3 rings (SSSR count). The highest BCUT2D eigenvalue weighted by Gasteiger charge is 2.15. The first kappa shape index (κ1) is 25.1. The third kappa shape index (κ3) is 7.44. The number of rotatable bonds is 8. The third-order valence-corrected chi connectivity index (χ3v) is 5.35. The largest absolute Gasteiger partial charge is 0.341 e. The Hall–Kier alpha value is -1.92. The first-order valence-corrected chi connectivity index (χ1v) is 10.1. The van der Waals surface area contributed by atoms with Gasteiger partial charge in [-0.15, -0.1) is 36.2 Å². The van der Waals surface area contributed by atoms with Crippen LogP contribution in [-0.2, 0) is 17.6 Å². The Bertz CT molecular complexity index is 887. The molecule has 0 unspecified atom stereocenters. The maximum absolute atomic E-state index is 12.8. The minimum Gasteiger partial charge on any atom is -0.341 e. The Balaban J connectivity index is 0.00000210. The number of aromatic nitrogens is 1. The summed E-state index contributed by atoms with van der Waals surface area (Å²) in [5, 5.41) is 2.93. The summed E-state index contributed by atoms with van der Waals surface area (Å²) in [4.78, 5) is 19.3. The molecule has 7 heteroatoms. The summed E-state index contributed by atoms with van der Waals surface area (Å²) in [5.41, 5.74) is 10.1. The molecule has 0 aliphatic rings. The summed E-state index contributed by atoms with van der Waals surface area (Å²) < 4.78 is 0. The summed E-state index contributed by atoms with van der Waals surface area (Å²) >= 11 is 1.58. The number of carbonyl (C=O) groups excluding carboxylic acids is 1. The molecule has 0 radical (unpaired) electrons. The first-order valence-electron chi connectivity index (χ1n) is 9.19. The van der Waals surface area contributed by atoms with E-state index in [0.717, 1.165) is 22.7 Å². The SMILES string of the molecule is Cc1cccc(-c2nc(CC(=O)N(CCN)CCc3ccccc3)cs2)c1.Cl.Cl. The van der Waals surface area contributed by atoms with Crippen LogP contribution in [0.25, 0.3) is 10.6 Å². The van der Waals surface area contributed by atoms with Gasteiger partial charge in [0.25, 0.3) is 0 Å². The molecule has 1 heterocycles. The van der Waals surface area contributed by atoms with Gasteiger partial charge in [0.15, 0.2) is 0 Å². The lowest BCUT2D eigenvalue weighted by Crippen LogP contribution is -2.37. The van der Waals surface area contributed by atoms with Gasteiger partial charge in [0, 0.05) is 30.6 Å². The predicted octanol–water partition coefficient (Wildman–Crippen LogP) is 4.53. The van der Waals surface area contributed by atoms with Crippen LogP contribution < -0.4 is 5.73 Å². The topological polar surface area (TPSA) is 59.2 Å². The Morgan fingerprint density at radius 1 is 1.07 bits per heavy atom. The van der Waals surface area contributed by atoms with Gasteiger partial charge in [-0.05, 0) is 25.0 Å². The Kier molecular flexibility index (Phi) is 10.9. The second-order valence-electron chi connectivity index (χ2n) is 6.60. The van der Waals surface area contributed by atoms with Crippen LogP contribution in [0, 0.1) is 6.92 Å². The number of aryl methyl sites for hydroxylation is 1. The van der Waals surface area contributed by atoms with Gasteiger partial charge in [0.05, 0.1) is 12.1 Å². The number of nitrogens with zero attached hydrogens (tertiary/aromatic N) is 2. The summed E-state index contributed by atoms with van der Waals surface area (Å²) in [6.07, 6.45) is 1.15. The van der Waals surface area contributed by atoms with E-state index in [1.165, 1.54) is 11.1 Å². The zero-order valence-corrected chi connectivity index (χ0v) is 18.9. The molecule has 0 fully saturated rings. The molecule has 0 spiro atoms. The molecule has 2 N–H and O–H groups in total. The highest BCUT2D eigenvalue weighted by atomic mass is 35.5. The zero-order valence-electron chi connectivity index (χ0n) is 16.4. The summed E-state index contributed by atoms with van der Waals surface area (Å²) in [6, 6.07) is 18.5. The lowest BCUT2D eigenvalue weighted by atomic mass is 10.1. The van der Waals surface area contributed by atoms with Crippen molar-refractivity contribution in [2.75, 3.05) is 19.6 Å². The predicted molar refractivity (Wildman–Crippen MR) is 126 cm³/mol. The molecule has 3 aromatic rings. The molecule has 0 aliphatic carbocycles. The van der Waals surface area contributed by atoms with Crippen molar-refractivity contribution in [1.29, 1.82) is 0 Å². The molecule has 1 aromatic heterocycles. The quantitative estimate of drug-likeness (QED) is 0.546. The number of thiazole rings is 1. The Morgan fingerprint density at radius 3 is 2.52 bits per heavy atom. The van der Waals surface area contributed by atoms with Gasteiger partial charge >= 0.3 is 0 Å². The third-order valence-electron chi connectivity index (χ3n) is 4.41. The maximum Gasteiger partial charge on any atom is 0.228 e. The molecule has 0 bridgehead atoms. The average Bonchev–Trinajstić information content (AvgIpc) is 3.14. The normalized spacial score (nSPS) is 10.0. The average molecular weight is 452 g/mol. The first-order chi connectivity index (χ1) is 13.2. The molecule has 2 aromatic carbocycles. The van der Waals surface area contributed by atoms with Gasteiger partial charge in [-0.3, -0.25) is 4.79 Å². The van der Waals surface area contributed by atoms with Crippen molar-refractivity contribution in [3.05, 3.63) is 76.8 Å². The number of halogens is 2. The molecule has 0 saturated heterocycles. The molecule has 4 nitrogen and oxygen atoms in total. The number of amides is 1. The number of nitrogens with two attached hydrogens (primary N) is 1. The van der Waals surface area contributed by atoms with Crippen LogP contribution in [0.2, 0.25) is 0 Å². The number of benzene rings is 2. The second kappa shape index (κ2) is 12.6. The van der Waals surface area contributed by atoms with Crippen molar-refractivity contribution in [2.24, 2.45) is 5.73 Å². The number of hydrogen-bond acceptors (Lipinski definition) is 4. The van der Waals surface area contributed by atoms with Gasteiger partial charge in [-0.1, -0.05) is 54.1 Å². The van der Waals surface area contributed by atoms with E-state index in [-0.39, 0.29) is 30.7 Å². The van der Waals surface area contributed by atoms with Crippen molar-refractivity contribution in [3.63, 3.8) is 0 Å². The van der Waals surface area contributed by atoms with E-state index in [2.05, 4.69) is 42.2 Å². The minimum atomic E-state index is 0. The maximum atomic E-state index is 12.8. The van der Waals surface area contributed by atoms with Gasteiger partial charge in [-0.25, -0.2) is 4.98 Å². The van der Waals surface area contributed by atoms with Crippen molar-refractivity contribution in [1.82, 2.24) is 9.88 Å². The van der Waals surface area contributed by atoms with Crippen LogP contribution in [0.4, 0.5) is 0 Å². The van der Waals surface area contributed by atoms with E-state index >= 15 is 0 Å². The van der Waals surface area contributed by atoms with E-state index in [9.17, 15) is 4.79 Å². The molecule has 1 amide bonds. The monoisotopic (exact) mass is 451 g/mol. The summed E-state index contributed by atoms with van der Waals surface area (Å²) in [5.74, 6) is 0.0810. The van der Waals surface area contributed by atoms with Crippen LogP contribution in [-0.4, -0.2) is 35.4 Å². The summed E-state index contributed by atoms with van der Waals surface area (Å²) in [7, 11) is 0. The van der Waals surface area contributed by atoms with Crippen molar-refractivity contribution >= 4 is 42.1 Å². The highest BCUT2D eigenvalue weighted by molar-refractivity contribution is 7.13. The van der Waals surface area contributed by atoms with Crippen LogP contribution in [0.5, 0.6) is 0 Å². The molecule has 0 saturated carbocycles. The van der Waals surface area contributed by atoms with Crippen molar-refractivity contribution < 1.29 is 4.79 Å². The van der Waals surface area contributed by atoms with Gasteiger partial charge in [-0.2, -0.15) is 0 Å². The van der Waals surface area contributed by atoms with Crippen molar-refractivity contribution in [2.45, 2.75) is 19.8 Å². The Labute approximate surface area is 189 Å². The lowest BCUT2D eigenvalue weighted by molar-refractivity contribution is -0.130. The zero-order chi connectivity index (χ0) is 19.1. The standard InChI is InChI=1S/C22H25N3OS.2ClH/c1-17-6-5-9-19(14-17)22-24-20(16-27-22)15-21(26)25(13-11-23)12-10-18-7-3-2-4-8-18;;/h2-9,14,16H,10-13,15,23H2,1H3;2*1H. The molecular formula is C22H27Cl2N3OS. The molecular weight excluding hydrogens is 425 g/mol. The highest BCUT2D eigenvalue weighted by Crippen LogP contribution is 2.24. The molecule has 156 valence electrons. The number of hydrogen-bond donors (Lipinski definition) is 1. The van der Waals surface area contributed by atoms with Crippen LogP contribution >= 0.6 is 36.2 Å². The minimum absolute atomic E-state index is 0. The fourth-order valence-corrected chi connectivity index (χ4v) is 3.81. The van der Waals surface area contributed by atoms with Gasteiger partial charge in [0.1, 0.15) is 5.01 Å². The van der Waals surface area contributed by atoms with Gasteiger partial charge < -0.3 is 10.6 Å². The molecule has 0 aliphatic heterocycles.